The number of carbonyl (C=O) groups is 1. The lowest BCUT2D eigenvalue weighted by Crippen LogP contribution is -2.46. The normalized spacial score (nSPS) is 17.7. The van der Waals surface area contributed by atoms with Gasteiger partial charge in [0.2, 0.25) is 5.91 Å². The van der Waals surface area contributed by atoms with Gasteiger partial charge >= 0.3 is 0 Å². The summed E-state index contributed by atoms with van der Waals surface area (Å²) in [5.41, 5.74) is 1.51. The highest BCUT2D eigenvalue weighted by molar-refractivity contribution is 5.81. The van der Waals surface area contributed by atoms with Crippen LogP contribution in [0.2, 0.25) is 0 Å². The van der Waals surface area contributed by atoms with Gasteiger partial charge in [0, 0.05) is 51.7 Å². The molecular weight excluding hydrogens is 383 g/mol. The van der Waals surface area contributed by atoms with Crippen LogP contribution in [0.3, 0.4) is 0 Å². The lowest BCUT2D eigenvalue weighted by Gasteiger charge is -2.35. The SMILES string of the molecule is CCNC(=NCc1ccc(N2CCN(CC)CC2)c(F)c1)NCCNC(=O)C1CC1. The van der Waals surface area contributed by atoms with E-state index in [-0.39, 0.29) is 17.6 Å². The van der Waals surface area contributed by atoms with Gasteiger partial charge in [-0.3, -0.25) is 4.79 Å². The average Bonchev–Trinajstić information content (AvgIpc) is 3.60. The predicted octanol–water partition coefficient (Wildman–Crippen LogP) is 1.55. The number of rotatable bonds is 9. The number of benzene rings is 1. The third kappa shape index (κ3) is 6.58. The summed E-state index contributed by atoms with van der Waals surface area (Å²) in [6.45, 7) is 11.1. The minimum Gasteiger partial charge on any atom is -0.367 e. The van der Waals surface area contributed by atoms with Crippen molar-refractivity contribution in [2.24, 2.45) is 10.9 Å². The molecule has 8 heteroatoms. The topological polar surface area (TPSA) is 72.0 Å². The number of likely N-dealkylation sites (N-methyl/N-ethyl adjacent to an activating group) is 1. The molecule has 0 bridgehead atoms. The summed E-state index contributed by atoms with van der Waals surface area (Å²) in [6.07, 6.45) is 2.02. The molecular formula is C22H35FN6O. The highest BCUT2D eigenvalue weighted by Crippen LogP contribution is 2.28. The van der Waals surface area contributed by atoms with Crippen LogP contribution in [0.25, 0.3) is 0 Å². The van der Waals surface area contributed by atoms with Crippen molar-refractivity contribution >= 4 is 17.6 Å². The van der Waals surface area contributed by atoms with E-state index < -0.39 is 0 Å². The molecule has 166 valence electrons. The largest absolute Gasteiger partial charge is 0.367 e. The summed E-state index contributed by atoms with van der Waals surface area (Å²) >= 11 is 0. The van der Waals surface area contributed by atoms with Crippen LogP contribution in [0.5, 0.6) is 0 Å². The number of hydrogen-bond donors (Lipinski definition) is 3. The highest BCUT2D eigenvalue weighted by Gasteiger charge is 2.29. The quantitative estimate of drug-likeness (QED) is 0.322. The zero-order valence-electron chi connectivity index (χ0n) is 18.2. The minimum atomic E-state index is -0.187. The molecule has 2 fully saturated rings. The number of amides is 1. The van der Waals surface area contributed by atoms with Crippen LogP contribution >= 0.6 is 0 Å². The number of halogens is 1. The van der Waals surface area contributed by atoms with E-state index in [2.05, 4.69) is 37.7 Å². The van der Waals surface area contributed by atoms with Crippen LogP contribution in [0.4, 0.5) is 10.1 Å². The van der Waals surface area contributed by atoms with E-state index in [9.17, 15) is 9.18 Å². The standard InChI is InChI=1S/C22H35FN6O/c1-3-24-22(26-10-9-25-21(30)18-6-7-18)27-16-17-5-8-20(19(23)15-17)29-13-11-28(4-2)12-14-29/h5,8,15,18H,3-4,6-7,9-14,16H2,1-2H3,(H,25,30)(H2,24,26,27). The third-order valence-electron chi connectivity index (χ3n) is 5.60. The van der Waals surface area contributed by atoms with Crippen LogP contribution in [0, 0.1) is 11.7 Å². The number of anilines is 1. The minimum absolute atomic E-state index is 0.144. The van der Waals surface area contributed by atoms with Crippen molar-refractivity contribution in [1.29, 1.82) is 0 Å². The van der Waals surface area contributed by atoms with Crippen molar-refractivity contribution in [3.05, 3.63) is 29.6 Å². The van der Waals surface area contributed by atoms with Crippen molar-refractivity contribution in [3.63, 3.8) is 0 Å². The average molecular weight is 419 g/mol. The van der Waals surface area contributed by atoms with Gasteiger partial charge in [-0.1, -0.05) is 13.0 Å². The summed E-state index contributed by atoms with van der Waals surface area (Å²) < 4.78 is 14.7. The first-order valence-electron chi connectivity index (χ1n) is 11.2. The molecule has 1 aliphatic carbocycles. The zero-order valence-corrected chi connectivity index (χ0v) is 18.2. The monoisotopic (exact) mass is 418 g/mol. The van der Waals surface area contributed by atoms with E-state index in [0.717, 1.165) is 57.7 Å². The number of guanidine groups is 1. The van der Waals surface area contributed by atoms with Crippen molar-refractivity contribution in [1.82, 2.24) is 20.9 Å². The van der Waals surface area contributed by atoms with E-state index in [1.807, 2.05) is 19.1 Å². The molecule has 7 nitrogen and oxygen atoms in total. The Morgan fingerprint density at radius 1 is 1.10 bits per heavy atom. The van der Waals surface area contributed by atoms with Gasteiger partial charge in [-0.15, -0.1) is 0 Å². The summed E-state index contributed by atoms with van der Waals surface area (Å²) in [5, 5.41) is 9.32. The maximum atomic E-state index is 14.7. The molecule has 1 heterocycles. The maximum Gasteiger partial charge on any atom is 0.223 e. The highest BCUT2D eigenvalue weighted by atomic mass is 19.1. The Hall–Kier alpha value is -2.35. The first kappa shape index (κ1) is 22.3. The molecule has 1 saturated carbocycles. The molecule has 2 aliphatic rings. The Morgan fingerprint density at radius 3 is 2.47 bits per heavy atom. The maximum absolute atomic E-state index is 14.7. The van der Waals surface area contributed by atoms with Crippen LogP contribution in [-0.4, -0.2) is 69.1 Å². The van der Waals surface area contributed by atoms with Gasteiger partial charge in [0.25, 0.3) is 0 Å². The van der Waals surface area contributed by atoms with Crippen molar-refractivity contribution < 1.29 is 9.18 Å². The van der Waals surface area contributed by atoms with E-state index >= 15 is 0 Å². The molecule has 0 atom stereocenters. The van der Waals surface area contributed by atoms with Gasteiger partial charge < -0.3 is 25.8 Å². The van der Waals surface area contributed by atoms with Gasteiger partial charge in [0.05, 0.1) is 12.2 Å². The molecule has 3 N–H and O–H groups in total. The first-order chi connectivity index (χ1) is 14.6. The van der Waals surface area contributed by atoms with Gasteiger partial charge in [-0.05, 0) is 44.0 Å². The van der Waals surface area contributed by atoms with Gasteiger partial charge in [-0.25, -0.2) is 9.38 Å². The summed E-state index contributed by atoms with van der Waals surface area (Å²) in [4.78, 5) is 20.7. The molecule has 1 aliphatic heterocycles. The number of hydrogen-bond acceptors (Lipinski definition) is 4. The Kier molecular flexibility index (Phi) is 8.30. The molecule has 1 aromatic rings. The number of nitrogens with zero attached hydrogens (tertiary/aromatic N) is 3. The van der Waals surface area contributed by atoms with Crippen LogP contribution in [-0.2, 0) is 11.3 Å². The van der Waals surface area contributed by atoms with Gasteiger partial charge in [0.15, 0.2) is 5.96 Å². The van der Waals surface area contributed by atoms with Crippen molar-refractivity contribution in [2.75, 3.05) is 57.3 Å². The van der Waals surface area contributed by atoms with E-state index in [1.165, 1.54) is 0 Å². The molecule has 30 heavy (non-hydrogen) atoms. The van der Waals surface area contributed by atoms with E-state index in [1.54, 1.807) is 6.07 Å². The molecule has 1 saturated heterocycles. The fourth-order valence-corrected chi connectivity index (χ4v) is 3.58. The summed E-state index contributed by atoms with van der Waals surface area (Å²) in [7, 11) is 0. The molecule has 3 rings (SSSR count). The van der Waals surface area contributed by atoms with E-state index in [4.69, 9.17) is 0 Å². The lowest BCUT2D eigenvalue weighted by atomic mass is 10.1. The van der Waals surface area contributed by atoms with Crippen molar-refractivity contribution in [2.45, 2.75) is 33.2 Å². The predicted molar refractivity (Wildman–Crippen MR) is 119 cm³/mol. The van der Waals surface area contributed by atoms with Gasteiger partial charge in [-0.2, -0.15) is 0 Å². The Morgan fingerprint density at radius 2 is 1.83 bits per heavy atom. The second kappa shape index (κ2) is 11.2. The molecule has 0 radical (unpaired) electrons. The zero-order chi connectivity index (χ0) is 21.3. The Labute approximate surface area is 179 Å². The molecule has 0 unspecified atom stereocenters. The lowest BCUT2D eigenvalue weighted by molar-refractivity contribution is -0.122. The molecule has 0 spiro atoms. The van der Waals surface area contributed by atoms with Crippen LogP contribution in [0.15, 0.2) is 23.2 Å². The van der Waals surface area contributed by atoms with Crippen LogP contribution < -0.4 is 20.9 Å². The number of carbonyl (C=O) groups excluding carboxylic acids is 1. The van der Waals surface area contributed by atoms with E-state index in [0.29, 0.717) is 31.3 Å². The Bertz CT molecular complexity index is 728. The van der Waals surface area contributed by atoms with Crippen LogP contribution in [0.1, 0.15) is 32.3 Å². The number of nitrogens with one attached hydrogen (secondary N) is 3. The smallest absolute Gasteiger partial charge is 0.223 e. The second-order valence-corrected chi connectivity index (χ2v) is 7.89. The first-order valence-corrected chi connectivity index (χ1v) is 11.2. The summed E-state index contributed by atoms with van der Waals surface area (Å²) in [5.74, 6) is 0.845. The molecule has 0 aromatic heterocycles. The Balaban J connectivity index is 1.49. The van der Waals surface area contributed by atoms with Crippen molar-refractivity contribution in [3.8, 4) is 0 Å². The third-order valence-corrected chi connectivity index (χ3v) is 5.60. The fourth-order valence-electron chi connectivity index (χ4n) is 3.58. The second-order valence-electron chi connectivity index (χ2n) is 7.89. The number of aliphatic imine (C=N–C) groups is 1. The fraction of sp³-hybridized carbons (Fsp3) is 0.636. The number of piperazine rings is 1. The molecule has 1 amide bonds. The van der Waals surface area contributed by atoms with Gasteiger partial charge in [0.1, 0.15) is 5.82 Å². The summed E-state index contributed by atoms with van der Waals surface area (Å²) in [6, 6.07) is 5.41. The molecule has 1 aromatic carbocycles.